The van der Waals surface area contributed by atoms with Gasteiger partial charge in [0.2, 0.25) is 11.9 Å². The van der Waals surface area contributed by atoms with Crippen molar-refractivity contribution in [2.45, 2.75) is 39.7 Å². The molecule has 2 aromatic heterocycles. The Kier molecular flexibility index (Phi) is 5.26. The van der Waals surface area contributed by atoms with Crippen LogP contribution in [0.5, 0.6) is 0 Å². The van der Waals surface area contributed by atoms with E-state index in [1.165, 1.54) is 21.8 Å². The van der Waals surface area contributed by atoms with Crippen LogP contribution >= 0.6 is 11.3 Å². The number of esters is 1. The first-order valence-corrected chi connectivity index (χ1v) is 7.89. The van der Waals surface area contributed by atoms with Crippen LogP contribution in [0.25, 0.3) is 0 Å². The predicted octanol–water partition coefficient (Wildman–Crippen LogP) is 1.97. The van der Waals surface area contributed by atoms with Crippen LogP contribution in [0.4, 0.5) is 11.9 Å². The van der Waals surface area contributed by atoms with Crippen molar-refractivity contribution in [3.05, 3.63) is 27.2 Å². The fourth-order valence-corrected chi connectivity index (χ4v) is 3.28. The van der Waals surface area contributed by atoms with Gasteiger partial charge in [0, 0.05) is 4.88 Å². The van der Waals surface area contributed by atoms with E-state index in [0.29, 0.717) is 4.88 Å². The van der Waals surface area contributed by atoms with Crippen molar-refractivity contribution < 1.29 is 9.53 Å². The van der Waals surface area contributed by atoms with Crippen LogP contribution in [0, 0.1) is 0 Å². The highest BCUT2D eigenvalue weighted by atomic mass is 32.1. The summed E-state index contributed by atoms with van der Waals surface area (Å²) in [6.45, 7) is 4.11. The normalized spacial score (nSPS) is 10.6. The van der Waals surface area contributed by atoms with Gasteiger partial charge in [-0.15, -0.1) is 11.3 Å². The number of nitrogens with two attached hydrogens (primary N) is 2. The van der Waals surface area contributed by atoms with Gasteiger partial charge in [-0.2, -0.15) is 15.0 Å². The zero-order chi connectivity index (χ0) is 16.1. The summed E-state index contributed by atoms with van der Waals surface area (Å²) in [5.74, 6) is -0.139. The molecule has 2 aromatic rings. The molecule has 0 aliphatic carbocycles. The van der Waals surface area contributed by atoms with Gasteiger partial charge in [0.25, 0.3) is 0 Å². The Hall–Kier alpha value is -2.22. The summed E-state index contributed by atoms with van der Waals surface area (Å²) in [5.41, 5.74) is 12.1. The summed E-state index contributed by atoms with van der Waals surface area (Å²) in [6, 6.07) is 1.90. The van der Waals surface area contributed by atoms with Gasteiger partial charge in [-0.1, -0.05) is 20.3 Å². The molecule has 118 valence electrons. The Bertz CT molecular complexity index is 651. The molecular weight excluding hydrogens is 302 g/mol. The topological polar surface area (TPSA) is 117 Å². The Morgan fingerprint density at radius 3 is 2.50 bits per heavy atom. The number of hydrogen-bond acceptors (Lipinski definition) is 8. The minimum Gasteiger partial charge on any atom is -0.453 e. The summed E-state index contributed by atoms with van der Waals surface area (Å²) in [7, 11) is 0. The third kappa shape index (κ3) is 3.91. The maximum atomic E-state index is 12.1. The van der Waals surface area contributed by atoms with Crippen LogP contribution in [0.3, 0.4) is 0 Å². The van der Waals surface area contributed by atoms with E-state index in [1.807, 2.05) is 6.07 Å². The average molecular weight is 321 g/mol. The number of hydrogen-bond donors (Lipinski definition) is 2. The van der Waals surface area contributed by atoms with E-state index in [1.54, 1.807) is 0 Å². The highest BCUT2D eigenvalue weighted by Gasteiger charge is 2.15. The van der Waals surface area contributed by atoms with Crippen LogP contribution in [0.1, 0.15) is 46.2 Å². The third-order valence-electron chi connectivity index (χ3n) is 3.00. The third-order valence-corrected chi connectivity index (χ3v) is 4.22. The number of thiophene rings is 1. The molecule has 0 fully saturated rings. The molecule has 0 atom stereocenters. The molecule has 0 radical (unpaired) electrons. The second-order valence-corrected chi connectivity index (χ2v) is 5.84. The lowest BCUT2D eigenvalue weighted by molar-refractivity contribution is 0.0468. The summed E-state index contributed by atoms with van der Waals surface area (Å²) in [4.78, 5) is 25.4. The van der Waals surface area contributed by atoms with E-state index in [2.05, 4.69) is 28.8 Å². The van der Waals surface area contributed by atoms with Gasteiger partial charge in [-0.05, 0) is 24.5 Å². The number of anilines is 2. The molecular formula is C14H19N5O2S. The summed E-state index contributed by atoms with van der Waals surface area (Å²) in [5, 5.41) is 0. The first kappa shape index (κ1) is 16.2. The molecule has 8 heteroatoms. The van der Waals surface area contributed by atoms with Crippen molar-refractivity contribution in [2.75, 3.05) is 11.5 Å². The molecule has 0 aliphatic rings. The fraction of sp³-hybridized carbons (Fsp3) is 0.429. The van der Waals surface area contributed by atoms with Crippen molar-refractivity contribution in [3.63, 3.8) is 0 Å². The van der Waals surface area contributed by atoms with E-state index in [0.717, 1.165) is 19.3 Å². The van der Waals surface area contributed by atoms with Crippen molar-refractivity contribution in [2.24, 2.45) is 0 Å². The molecule has 2 rings (SSSR count). The number of aryl methyl sites for hydroxylation is 2. The van der Waals surface area contributed by atoms with Crippen LogP contribution in [-0.4, -0.2) is 20.9 Å². The minimum atomic E-state index is -0.389. The summed E-state index contributed by atoms with van der Waals surface area (Å²) < 4.78 is 5.22. The van der Waals surface area contributed by atoms with E-state index in [-0.39, 0.29) is 30.3 Å². The second-order valence-electron chi connectivity index (χ2n) is 4.71. The molecule has 4 N–H and O–H groups in total. The first-order chi connectivity index (χ1) is 10.5. The number of nitrogens with zero attached hydrogens (tertiary/aromatic N) is 3. The second kappa shape index (κ2) is 7.17. The van der Waals surface area contributed by atoms with Crippen molar-refractivity contribution in [1.29, 1.82) is 0 Å². The highest BCUT2D eigenvalue weighted by molar-refractivity contribution is 7.14. The molecule has 22 heavy (non-hydrogen) atoms. The number of ether oxygens (including phenoxy) is 1. The number of carbonyl (C=O) groups is 1. The Morgan fingerprint density at radius 1 is 1.23 bits per heavy atom. The van der Waals surface area contributed by atoms with Gasteiger partial charge in [0.05, 0.1) is 0 Å². The minimum absolute atomic E-state index is 0.00757. The van der Waals surface area contributed by atoms with Crippen molar-refractivity contribution in [1.82, 2.24) is 15.0 Å². The zero-order valence-corrected chi connectivity index (χ0v) is 13.4. The number of aromatic nitrogens is 3. The molecule has 0 spiro atoms. The molecule has 0 unspecified atom stereocenters. The van der Waals surface area contributed by atoms with Gasteiger partial charge in [-0.3, -0.25) is 0 Å². The van der Waals surface area contributed by atoms with Crippen LogP contribution in [0.15, 0.2) is 6.07 Å². The molecule has 0 saturated carbocycles. The summed E-state index contributed by atoms with van der Waals surface area (Å²) >= 11 is 1.48. The predicted molar refractivity (Wildman–Crippen MR) is 85.5 cm³/mol. The fourth-order valence-electron chi connectivity index (χ4n) is 2.03. The maximum absolute atomic E-state index is 12.1. The zero-order valence-electron chi connectivity index (χ0n) is 12.6. The Morgan fingerprint density at radius 2 is 1.91 bits per heavy atom. The number of nitrogen functional groups attached to an aromatic ring is 2. The molecule has 0 aliphatic heterocycles. The molecule has 2 heterocycles. The van der Waals surface area contributed by atoms with E-state index < -0.39 is 0 Å². The number of carbonyl (C=O) groups excluding carboxylic acids is 1. The molecule has 7 nitrogen and oxygen atoms in total. The van der Waals surface area contributed by atoms with Crippen LogP contribution in [-0.2, 0) is 24.2 Å². The maximum Gasteiger partial charge on any atom is 0.348 e. The van der Waals surface area contributed by atoms with E-state index in [9.17, 15) is 4.79 Å². The van der Waals surface area contributed by atoms with Gasteiger partial charge >= 0.3 is 5.97 Å². The number of rotatable bonds is 6. The lowest BCUT2D eigenvalue weighted by Crippen LogP contribution is -2.10. The van der Waals surface area contributed by atoms with Gasteiger partial charge < -0.3 is 16.2 Å². The largest absolute Gasteiger partial charge is 0.453 e. The summed E-state index contributed by atoms with van der Waals surface area (Å²) in [6.07, 6.45) is 2.92. The quantitative estimate of drug-likeness (QED) is 0.781. The SMILES string of the molecule is CCCc1sc(C(=O)OCc2nc(N)nc(N)n2)cc1CC. The highest BCUT2D eigenvalue weighted by Crippen LogP contribution is 2.25. The molecule has 0 aromatic carbocycles. The van der Waals surface area contributed by atoms with E-state index in [4.69, 9.17) is 16.2 Å². The molecule has 0 bridgehead atoms. The first-order valence-electron chi connectivity index (χ1n) is 7.08. The van der Waals surface area contributed by atoms with Gasteiger partial charge in [-0.25, -0.2) is 4.79 Å². The lowest BCUT2D eigenvalue weighted by atomic mass is 10.1. The standard InChI is InChI=1S/C14H19N5O2S/c1-3-5-9-8(4-2)6-10(22-9)12(20)21-7-11-17-13(15)19-14(16)18-11/h6H,3-5,7H2,1-2H3,(H4,15,16,17,18,19). The average Bonchev–Trinajstić information content (AvgIpc) is 2.87. The molecule has 0 saturated heterocycles. The Balaban J connectivity index is 2.05. The van der Waals surface area contributed by atoms with E-state index >= 15 is 0 Å². The Labute approximate surface area is 132 Å². The smallest absolute Gasteiger partial charge is 0.348 e. The lowest BCUT2D eigenvalue weighted by Gasteiger charge is -2.03. The van der Waals surface area contributed by atoms with Crippen molar-refractivity contribution in [3.8, 4) is 0 Å². The van der Waals surface area contributed by atoms with Crippen LogP contribution in [0.2, 0.25) is 0 Å². The van der Waals surface area contributed by atoms with Crippen molar-refractivity contribution >= 4 is 29.2 Å². The van der Waals surface area contributed by atoms with Gasteiger partial charge in [0.1, 0.15) is 4.88 Å². The van der Waals surface area contributed by atoms with Gasteiger partial charge in [0.15, 0.2) is 12.4 Å². The van der Waals surface area contributed by atoms with Crippen LogP contribution < -0.4 is 11.5 Å². The monoisotopic (exact) mass is 321 g/mol. The molecule has 0 amide bonds.